The van der Waals surface area contributed by atoms with Gasteiger partial charge in [-0.2, -0.15) is 0 Å². The van der Waals surface area contributed by atoms with E-state index >= 15 is 0 Å². The third kappa shape index (κ3) is 2.27. The average Bonchev–Trinajstić information content (AvgIpc) is 3.12. The molecular weight excluding hydrogens is 230 g/mol. The van der Waals surface area contributed by atoms with Crippen LogP contribution in [0.3, 0.4) is 0 Å². The molecule has 1 saturated carbocycles. The molecule has 0 spiro atoms. The molecule has 0 saturated heterocycles. The third-order valence-corrected chi connectivity index (χ3v) is 3.70. The second-order valence-electron chi connectivity index (χ2n) is 4.82. The first-order chi connectivity index (χ1) is 8.64. The summed E-state index contributed by atoms with van der Waals surface area (Å²) < 4.78 is 7.26. The Bertz CT molecular complexity index is 426. The second kappa shape index (κ2) is 5.10. The van der Waals surface area contributed by atoms with Crippen molar-refractivity contribution in [3.8, 4) is 0 Å². The van der Waals surface area contributed by atoms with Crippen LogP contribution < -0.4 is 5.32 Å². The lowest BCUT2D eigenvalue weighted by atomic mass is 9.93. The number of hydrogen-bond donors (Lipinski definition) is 1. The van der Waals surface area contributed by atoms with Crippen molar-refractivity contribution in [3.05, 3.63) is 18.2 Å². The zero-order chi connectivity index (χ0) is 13.2. The zero-order valence-corrected chi connectivity index (χ0v) is 11.3. The van der Waals surface area contributed by atoms with Gasteiger partial charge in [-0.3, -0.25) is 0 Å². The van der Waals surface area contributed by atoms with Crippen molar-refractivity contribution in [2.75, 3.05) is 13.7 Å². The van der Waals surface area contributed by atoms with Gasteiger partial charge in [0.25, 0.3) is 0 Å². The summed E-state index contributed by atoms with van der Waals surface area (Å²) in [6, 6.07) is 0. The SMILES string of the molecule is CCOC(=O)C(Cn1ccnc1C)(NC)C1CC1. The first-order valence-electron chi connectivity index (χ1n) is 6.48. The smallest absolute Gasteiger partial charge is 0.328 e. The predicted octanol–water partition coefficient (Wildman–Crippen LogP) is 1.12. The number of carbonyl (C=O) groups is 1. The van der Waals surface area contributed by atoms with Crippen LogP contribution >= 0.6 is 0 Å². The van der Waals surface area contributed by atoms with Gasteiger partial charge in [-0.25, -0.2) is 9.78 Å². The number of nitrogens with zero attached hydrogens (tertiary/aromatic N) is 2. The summed E-state index contributed by atoms with van der Waals surface area (Å²) >= 11 is 0. The Labute approximate surface area is 108 Å². The van der Waals surface area contributed by atoms with Crippen LogP contribution in [0.25, 0.3) is 0 Å². The summed E-state index contributed by atoms with van der Waals surface area (Å²) in [4.78, 5) is 16.5. The molecule has 5 nitrogen and oxygen atoms in total. The number of ether oxygens (including phenoxy) is 1. The zero-order valence-electron chi connectivity index (χ0n) is 11.3. The van der Waals surface area contributed by atoms with E-state index < -0.39 is 5.54 Å². The van der Waals surface area contributed by atoms with Crippen molar-refractivity contribution in [3.63, 3.8) is 0 Å². The highest BCUT2D eigenvalue weighted by atomic mass is 16.5. The van der Waals surface area contributed by atoms with Gasteiger partial charge in [-0.15, -0.1) is 0 Å². The van der Waals surface area contributed by atoms with Gasteiger partial charge in [0.15, 0.2) is 0 Å². The maximum Gasteiger partial charge on any atom is 0.328 e. The molecular formula is C13H21N3O2. The van der Waals surface area contributed by atoms with E-state index in [1.807, 2.05) is 31.7 Å². The van der Waals surface area contributed by atoms with Gasteiger partial charge in [0.05, 0.1) is 13.2 Å². The Morgan fingerprint density at radius 2 is 2.39 bits per heavy atom. The summed E-state index contributed by atoms with van der Waals surface area (Å²) in [6.45, 7) is 4.78. The second-order valence-corrected chi connectivity index (χ2v) is 4.82. The van der Waals surface area contributed by atoms with Gasteiger partial charge < -0.3 is 14.6 Å². The molecule has 0 bridgehead atoms. The van der Waals surface area contributed by atoms with E-state index in [2.05, 4.69) is 10.3 Å². The summed E-state index contributed by atoms with van der Waals surface area (Å²) in [6.07, 6.45) is 5.82. The number of imidazole rings is 1. The normalized spacial score (nSPS) is 18.4. The van der Waals surface area contributed by atoms with Crippen LogP contribution in [-0.2, 0) is 16.1 Å². The van der Waals surface area contributed by atoms with Crippen LogP contribution in [0.2, 0.25) is 0 Å². The highest BCUT2D eigenvalue weighted by Crippen LogP contribution is 2.41. The lowest BCUT2D eigenvalue weighted by molar-refractivity contribution is -0.152. The first kappa shape index (κ1) is 13.1. The molecule has 5 heteroatoms. The molecule has 1 aromatic rings. The lowest BCUT2D eigenvalue weighted by Crippen LogP contribution is -2.56. The van der Waals surface area contributed by atoms with E-state index in [9.17, 15) is 4.79 Å². The van der Waals surface area contributed by atoms with E-state index in [0.29, 0.717) is 19.1 Å². The van der Waals surface area contributed by atoms with Crippen molar-refractivity contribution >= 4 is 5.97 Å². The highest BCUT2D eigenvalue weighted by molar-refractivity contribution is 5.81. The van der Waals surface area contributed by atoms with Crippen molar-refractivity contribution in [2.24, 2.45) is 5.92 Å². The van der Waals surface area contributed by atoms with E-state index in [4.69, 9.17) is 4.74 Å². The van der Waals surface area contributed by atoms with Gasteiger partial charge in [0.2, 0.25) is 0 Å². The van der Waals surface area contributed by atoms with E-state index in [-0.39, 0.29) is 5.97 Å². The lowest BCUT2D eigenvalue weighted by Gasteiger charge is -2.32. The standard InChI is InChI=1S/C13H21N3O2/c1-4-18-12(17)13(14-3,11-5-6-11)9-16-8-7-15-10(16)2/h7-8,11,14H,4-6,9H2,1-3H3. The molecule has 18 heavy (non-hydrogen) atoms. The molecule has 1 atom stereocenters. The molecule has 1 aromatic heterocycles. The molecule has 1 fully saturated rings. The monoisotopic (exact) mass is 251 g/mol. The molecule has 0 aromatic carbocycles. The summed E-state index contributed by atoms with van der Waals surface area (Å²) in [5.41, 5.74) is -0.610. The van der Waals surface area contributed by atoms with Crippen molar-refractivity contribution in [1.82, 2.24) is 14.9 Å². The van der Waals surface area contributed by atoms with Gasteiger partial charge in [-0.05, 0) is 39.7 Å². The number of aromatic nitrogens is 2. The van der Waals surface area contributed by atoms with Gasteiger partial charge in [0, 0.05) is 12.4 Å². The maximum absolute atomic E-state index is 12.3. The molecule has 0 amide bonds. The molecule has 1 aliphatic rings. The number of likely N-dealkylation sites (N-methyl/N-ethyl adjacent to an activating group) is 1. The van der Waals surface area contributed by atoms with Crippen LogP contribution in [0.15, 0.2) is 12.4 Å². The highest BCUT2D eigenvalue weighted by Gasteiger charge is 2.51. The molecule has 1 N–H and O–H groups in total. The third-order valence-electron chi connectivity index (χ3n) is 3.70. The minimum absolute atomic E-state index is 0.150. The topological polar surface area (TPSA) is 56.2 Å². The quantitative estimate of drug-likeness (QED) is 0.770. The molecule has 0 aliphatic heterocycles. The Kier molecular flexibility index (Phi) is 3.71. The van der Waals surface area contributed by atoms with Gasteiger partial charge in [0.1, 0.15) is 11.4 Å². The summed E-state index contributed by atoms with van der Waals surface area (Å²) in [5.74, 6) is 1.13. The fourth-order valence-corrected chi connectivity index (χ4v) is 2.42. The Hall–Kier alpha value is -1.36. The van der Waals surface area contributed by atoms with Crippen molar-refractivity contribution in [2.45, 2.75) is 38.8 Å². The van der Waals surface area contributed by atoms with Crippen molar-refractivity contribution in [1.29, 1.82) is 0 Å². The summed E-state index contributed by atoms with van der Waals surface area (Å²) in [5, 5.41) is 3.20. The van der Waals surface area contributed by atoms with E-state index in [1.54, 1.807) is 6.20 Å². The van der Waals surface area contributed by atoms with E-state index in [1.165, 1.54) is 0 Å². The molecule has 1 aliphatic carbocycles. The summed E-state index contributed by atoms with van der Waals surface area (Å²) in [7, 11) is 1.83. The Morgan fingerprint density at radius 3 is 2.83 bits per heavy atom. The Morgan fingerprint density at radius 1 is 1.67 bits per heavy atom. The number of carbonyl (C=O) groups excluding carboxylic acids is 1. The molecule has 1 unspecified atom stereocenters. The largest absolute Gasteiger partial charge is 0.465 e. The number of rotatable bonds is 6. The molecule has 0 radical (unpaired) electrons. The van der Waals surface area contributed by atoms with Crippen LogP contribution in [-0.4, -0.2) is 34.7 Å². The minimum atomic E-state index is -0.610. The fourth-order valence-electron chi connectivity index (χ4n) is 2.42. The van der Waals surface area contributed by atoms with Crippen LogP contribution in [0, 0.1) is 12.8 Å². The minimum Gasteiger partial charge on any atom is -0.465 e. The first-order valence-corrected chi connectivity index (χ1v) is 6.48. The van der Waals surface area contributed by atoms with Gasteiger partial charge >= 0.3 is 5.97 Å². The molecule has 1 heterocycles. The Balaban J connectivity index is 2.24. The number of hydrogen-bond acceptors (Lipinski definition) is 4. The fraction of sp³-hybridized carbons (Fsp3) is 0.692. The predicted molar refractivity (Wildman–Crippen MR) is 68.1 cm³/mol. The van der Waals surface area contributed by atoms with E-state index in [0.717, 1.165) is 18.7 Å². The molecule has 2 rings (SSSR count). The molecule has 100 valence electrons. The number of nitrogens with one attached hydrogen (secondary N) is 1. The number of aryl methyl sites for hydroxylation is 1. The maximum atomic E-state index is 12.3. The average molecular weight is 251 g/mol. The van der Waals surface area contributed by atoms with Crippen LogP contribution in [0.4, 0.5) is 0 Å². The van der Waals surface area contributed by atoms with Crippen molar-refractivity contribution < 1.29 is 9.53 Å². The van der Waals surface area contributed by atoms with Crippen LogP contribution in [0.5, 0.6) is 0 Å². The van der Waals surface area contributed by atoms with Gasteiger partial charge in [-0.1, -0.05) is 0 Å². The number of esters is 1. The van der Waals surface area contributed by atoms with Crippen LogP contribution in [0.1, 0.15) is 25.6 Å².